The van der Waals surface area contributed by atoms with E-state index in [0.29, 0.717) is 0 Å². The van der Waals surface area contributed by atoms with Crippen molar-refractivity contribution in [1.82, 2.24) is 10.2 Å². The van der Waals surface area contributed by atoms with E-state index in [2.05, 4.69) is 36.2 Å². The molecule has 2 aliphatic heterocycles. The van der Waals surface area contributed by atoms with Crippen molar-refractivity contribution in [3.63, 3.8) is 0 Å². The average molecular weight is 277 g/mol. The third kappa shape index (κ3) is 3.92. The number of piperidine rings is 1. The van der Waals surface area contributed by atoms with Crippen molar-refractivity contribution in [2.45, 2.75) is 58.0 Å². The lowest BCUT2D eigenvalue weighted by atomic mass is 9.89. The maximum atomic E-state index is 4.77. The molecular weight excluding hydrogens is 246 g/mol. The Hall–Kier alpha value is -0.670. The third-order valence-electron chi connectivity index (χ3n) is 4.74. The average Bonchev–Trinajstić information content (AvgIpc) is 2.94. The van der Waals surface area contributed by atoms with E-state index in [1.807, 2.05) is 6.21 Å². The predicted molar refractivity (Wildman–Crippen MR) is 87.3 cm³/mol. The summed E-state index contributed by atoms with van der Waals surface area (Å²) in [6.45, 7) is 9.16. The molecule has 3 nitrogen and oxygen atoms in total. The second kappa shape index (κ2) is 7.94. The molecule has 0 aromatic heterocycles. The summed E-state index contributed by atoms with van der Waals surface area (Å²) in [6.07, 6.45) is 14.2. The van der Waals surface area contributed by atoms with E-state index in [4.69, 9.17) is 4.99 Å². The SMILES string of the molecule is CCCC1(N2CCC(CCCNCC)CC2)C=CC=N1. The fourth-order valence-electron chi connectivity index (χ4n) is 3.57. The molecule has 0 aliphatic carbocycles. The molecule has 2 aliphatic rings. The molecule has 1 atom stereocenters. The van der Waals surface area contributed by atoms with Crippen LogP contribution in [0.4, 0.5) is 0 Å². The fraction of sp³-hybridized carbons (Fsp3) is 0.824. The summed E-state index contributed by atoms with van der Waals surface area (Å²) in [5.74, 6) is 0.929. The topological polar surface area (TPSA) is 27.6 Å². The molecule has 1 saturated heterocycles. The van der Waals surface area contributed by atoms with Crippen molar-refractivity contribution in [3.8, 4) is 0 Å². The second-order valence-electron chi connectivity index (χ2n) is 6.19. The van der Waals surface area contributed by atoms with Gasteiger partial charge < -0.3 is 5.32 Å². The normalized spacial score (nSPS) is 27.5. The van der Waals surface area contributed by atoms with Crippen molar-refractivity contribution < 1.29 is 0 Å². The van der Waals surface area contributed by atoms with Crippen LogP contribution < -0.4 is 5.32 Å². The van der Waals surface area contributed by atoms with Gasteiger partial charge in [0.05, 0.1) is 0 Å². The Labute approximate surface area is 124 Å². The molecule has 1 unspecified atom stereocenters. The summed E-state index contributed by atoms with van der Waals surface area (Å²) >= 11 is 0. The largest absolute Gasteiger partial charge is 0.317 e. The maximum absolute atomic E-state index is 4.77. The standard InChI is InChI=1S/C17H31N3/c1-3-10-17(11-6-13-19-17)20-14-8-16(9-15-20)7-5-12-18-4-2/h6,11,13,16,18H,3-5,7-10,12,14-15H2,1-2H3. The lowest BCUT2D eigenvalue weighted by Crippen LogP contribution is -2.49. The summed E-state index contributed by atoms with van der Waals surface area (Å²) in [5.41, 5.74) is 0.00346. The molecule has 2 rings (SSSR count). The van der Waals surface area contributed by atoms with Crippen molar-refractivity contribution >= 4 is 6.21 Å². The van der Waals surface area contributed by atoms with Crippen LogP contribution in [0.2, 0.25) is 0 Å². The van der Waals surface area contributed by atoms with Gasteiger partial charge in [-0.25, -0.2) is 0 Å². The van der Waals surface area contributed by atoms with Gasteiger partial charge >= 0.3 is 0 Å². The number of rotatable bonds is 8. The zero-order valence-electron chi connectivity index (χ0n) is 13.3. The molecule has 2 heterocycles. The molecule has 20 heavy (non-hydrogen) atoms. The summed E-state index contributed by atoms with van der Waals surface area (Å²) in [7, 11) is 0. The van der Waals surface area contributed by atoms with Crippen LogP contribution in [0.15, 0.2) is 17.1 Å². The van der Waals surface area contributed by atoms with Gasteiger partial charge in [0, 0.05) is 19.3 Å². The minimum atomic E-state index is 0.00346. The van der Waals surface area contributed by atoms with Crippen LogP contribution in [0, 0.1) is 5.92 Å². The van der Waals surface area contributed by atoms with E-state index >= 15 is 0 Å². The zero-order chi connectivity index (χ0) is 14.3. The highest BCUT2D eigenvalue weighted by Crippen LogP contribution is 2.33. The smallest absolute Gasteiger partial charge is 0.132 e. The van der Waals surface area contributed by atoms with E-state index in [0.717, 1.165) is 18.9 Å². The van der Waals surface area contributed by atoms with Gasteiger partial charge in [-0.3, -0.25) is 9.89 Å². The third-order valence-corrected chi connectivity index (χ3v) is 4.74. The van der Waals surface area contributed by atoms with Crippen LogP contribution >= 0.6 is 0 Å². The van der Waals surface area contributed by atoms with E-state index in [1.165, 1.54) is 51.7 Å². The van der Waals surface area contributed by atoms with Gasteiger partial charge in [0.2, 0.25) is 0 Å². The molecule has 0 spiro atoms. The zero-order valence-corrected chi connectivity index (χ0v) is 13.3. The van der Waals surface area contributed by atoms with Crippen molar-refractivity contribution in [3.05, 3.63) is 12.2 Å². The fourth-order valence-corrected chi connectivity index (χ4v) is 3.57. The molecule has 0 bridgehead atoms. The Balaban J connectivity index is 1.76. The predicted octanol–water partition coefficient (Wildman–Crippen LogP) is 3.23. The molecule has 0 saturated carbocycles. The Morgan fingerprint density at radius 3 is 2.70 bits per heavy atom. The minimum absolute atomic E-state index is 0.00346. The molecule has 0 aromatic carbocycles. The van der Waals surface area contributed by atoms with E-state index in [9.17, 15) is 0 Å². The molecule has 0 amide bonds. The van der Waals surface area contributed by atoms with Crippen LogP contribution in [-0.4, -0.2) is 43.0 Å². The van der Waals surface area contributed by atoms with Crippen LogP contribution in [0.25, 0.3) is 0 Å². The highest BCUT2D eigenvalue weighted by Gasteiger charge is 2.36. The monoisotopic (exact) mass is 277 g/mol. The minimum Gasteiger partial charge on any atom is -0.317 e. The van der Waals surface area contributed by atoms with Crippen LogP contribution in [0.1, 0.15) is 52.4 Å². The molecule has 114 valence electrons. The maximum Gasteiger partial charge on any atom is 0.132 e. The number of hydrogen-bond acceptors (Lipinski definition) is 3. The van der Waals surface area contributed by atoms with Gasteiger partial charge in [-0.05, 0) is 63.3 Å². The first-order valence-corrected chi connectivity index (χ1v) is 8.49. The van der Waals surface area contributed by atoms with Gasteiger partial charge in [-0.15, -0.1) is 0 Å². The van der Waals surface area contributed by atoms with Crippen molar-refractivity contribution in [2.75, 3.05) is 26.2 Å². The molecule has 1 N–H and O–H groups in total. The quantitative estimate of drug-likeness (QED) is 0.690. The number of aliphatic imine (C=N–C) groups is 1. The number of nitrogens with zero attached hydrogens (tertiary/aromatic N) is 2. The first-order chi connectivity index (χ1) is 9.80. The Kier molecular flexibility index (Phi) is 6.24. The first kappa shape index (κ1) is 15.7. The van der Waals surface area contributed by atoms with E-state index in [1.54, 1.807) is 0 Å². The van der Waals surface area contributed by atoms with Crippen molar-refractivity contribution in [2.24, 2.45) is 10.9 Å². The van der Waals surface area contributed by atoms with Gasteiger partial charge in [-0.1, -0.05) is 20.3 Å². The second-order valence-corrected chi connectivity index (χ2v) is 6.19. The lowest BCUT2D eigenvalue weighted by molar-refractivity contribution is 0.0806. The van der Waals surface area contributed by atoms with Crippen LogP contribution in [0.5, 0.6) is 0 Å². The van der Waals surface area contributed by atoms with Gasteiger partial charge in [-0.2, -0.15) is 0 Å². The highest BCUT2D eigenvalue weighted by atomic mass is 15.3. The van der Waals surface area contributed by atoms with Crippen LogP contribution in [-0.2, 0) is 0 Å². The number of hydrogen-bond donors (Lipinski definition) is 1. The van der Waals surface area contributed by atoms with E-state index < -0.39 is 0 Å². The Bertz CT molecular complexity index is 315. The van der Waals surface area contributed by atoms with Crippen LogP contribution in [0.3, 0.4) is 0 Å². The Morgan fingerprint density at radius 2 is 2.10 bits per heavy atom. The van der Waals surface area contributed by atoms with Gasteiger partial charge in [0.1, 0.15) is 5.66 Å². The summed E-state index contributed by atoms with van der Waals surface area (Å²) < 4.78 is 0. The molecule has 0 aromatic rings. The molecule has 3 heteroatoms. The first-order valence-electron chi connectivity index (χ1n) is 8.49. The number of nitrogens with one attached hydrogen (secondary N) is 1. The van der Waals surface area contributed by atoms with Crippen molar-refractivity contribution in [1.29, 1.82) is 0 Å². The number of likely N-dealkylation sites (tertiary alicyclic amines) is 1. The molecular formula is C17H31N3. The number of allylic oxidation sites excluding steroid dienone is 1. The summed E-state index contributed by atoms with van der Waals surface area (Å²) in [5, 5.41) is 3.43. The highest BCUT2D eigenvalue weighted by molar-refractivity contribution is 5.75. The summed E-state index contributed by atoms with van der Waals surface area (Å²) in [4.78, 5) is 7.38. The Morgan fingerprint density at radius 1 is 1.30 bits per heavy atom. The summed E-state index contributed by atoms with van der Waals surface area (Å²) in [6, 6.07) is 0. The van der Waals surface area contributed by atoms with Gasteiger partial charge in [0.15, 0.2) is 0 Å². The molecule has 1 fully saturated rings. The van der Waals surface area contributed by atoms with E-state index in [-0.39, 0.29) is 5.66 Å². The lowest BCUT2D eigenvalue weighted by Gasteiger charge is -2.42. The van der Waals surface area contributed by atoms with Gasteiger partial charge in [0.25, 0.3) is 0 Å². The molecule has 0 radical (unpaired) electrons.